The first-order valence-electron chi connectivity index (χ1n) is 12.9. The molecule has 3 heterocycles. The van der Waals surface area contributed by atoms with Crippen LogP contribution in [0.15, 0.2) is 61.1 Å². The van der Waals surface area contributed by atoms with Gasteiger partial charge in [-0.3, -0.25) is 9.97 Å². The van der Waals surface area contributed by atoms with Crippen LogP contribution in [0, 0.1) is 24.2 Å². The minimum atomic E-state index is -0.897. The molecule has 0 unspecified atom stereocenters. The molecule has 0 aliphatic heterocycles. The largest absolute Gasteiger partial charge is 0.389 e. The van der Waals surface area contributed by atoms with E-state index in [0.29, 0.717) is 18.8 Å². The number of nitrogens with zero attached hydrogens (tertiary/aromatic N) is 5. The van der Waals surface area contributed by atoms with Crippen molar-refractivity contribution < 1.29 is 5.11 Å². The third-order valence-electron chi connectivity index (χ3n) is 8.53. The van der Waals surface area contributed by atoms with Gasteiger partial charge in [0.25, 0.3) is 0 Å². The van der Waals surface area contributed by atoms with Crippen molar-refractivity contribution in [1.82, 2.24) is 19.7 Å². The van der Waals surface area contributed by atoms with Crippen LogP contribution in [-0.2, 0) is 18.3 Å². The lowest BCUT2D eigenvalue weighted by Crippen LogP contribution is -2.49. The zero-order chi connectivity index (χ0) is 24.8. The number of hydrogen-bond donors (Lipinski definition) is 1. The maximum absolute atomic E-state index is 11.3. The summed E-state index contributed by atoms with van der Waals surface area (Å²) in [5, 5.41) is 26.6. The number of rotatable bonds is 4. The number of fused-ring (bicyclic) bond motifs is 4. The Morgan fingerprint density at radius 1 is 1.14 bits per heavy atom. The molecule has 0 bridgehead atoms. The smallest absolute Gasteiger partial charge is 0.0780 e. The molecule has 1 aromatic carbocycles. The molecule has 0 saturated heterocycles. The van der Waals surface area contributed by atoms with Crippen LogP contribution in [-0.4, -0.2) is 30.5 Å². The van der Waals surface area contributed by atoms with Crippen molar-refractivity contribution in [1.29, 1.82) is 5.26 Å². The summed E-state index contributed by atoms with van der Waals surface area (Å²) in [6.07, 6.45) is 12.0. The van der Waals surface area contributed by atoms with E-state index in [2.05, 4.69) is 41.4 Å². The summed E-state index contributed by atoms with van der Waals surface area (Å²) in [4.78, 5) is 9.06. The van der Waals surface area contributed by atoms with Gasteiger partial charge in [0.1, 0.15) is 0 Å². The van der Waals surface area contributed by atoms with Gasteiger partial charge in [-0.2, -0.15) is 10.4 Å². The molecule has 4 aromatic rings. The number of aromatic nitrogens is 4. The number of pyridine rings is 2. The van der Waals surface area contributed by atoms with Gasteiger partial charge in [-0.25, -0.2) is 4.68 Å². The van der Waals surface area contributed by atoms with Crippen molar-refractivity contribution in [2.75, 3.05) is 0 Å². The van der Waals surface area contributed by atoms with Crippen molar-refractivity contribution in [3.8, 4) is 11.8 Å². The number of hydrogen-bond acceptors (Lipinski definition) is 5. The monoisotopic (exact) mass is 477 g/mol. The molecule has 0 radical (unpaired) electrons. The summed E-state index contributed by atoms with van der Waals surface area (Å²) in [5.74, 6) is 0.295. The Hall–Kier alpha value is -3.56. The van der Waals surface area contributed by atoms with Gasteiger partial charge >= 0.3 is 0 Å². The second-order valence-electron chi connectivity index (χ2n) is 10.8. The van der Waals surface area contributed by atoms with E-state index in [1.165, 1.54) is 11.1 Å². The minimum Gasteiger partial charge on any atom is -0.389 e. The first-order chi connectivity index (χ1) is 17.5. The van der Waals surface area contributed by atoms with Gasteiger partial charge in [0.05, 0.1) is 35.5 Å². The Morgan fingerprint density at radius 3 is 2.86 bits per heavy atom. The zero-order valence-corrected chi connectivity index (χ0v) is 20.7. The SMILES string of the molecule is Cc1cc(-n2ncc3cc4c(cc32)CCC[C@@H]2C[C@](O)(CC#N)CC[C@]42Cc2ccccn2)ccn1. The van der Waals surface area contributed by atoms with E-state index in [-0.39, 0.29) is 11.8 Å². The van der Waals surface area contributed by atoms with Crippen molar-refractivity contribution in [3.63, 3.8) is 0 Å². The van der Waals surface area contributed by atoms with E-state index in [1.54, 1.807) is 0 Å². The maximum atomic E-state index is 11.3. The normalized spacial score (nSPS) is 25.5. The minimum absolute atomic E-state index is 0.120. The van der Waals surface area contributed by atoms with Crippen LogP contribution in [0.5, 0.6) is 0 Å². The predicted molar refractivity (Wildman–Crippen MR) is 139 cm³/mol. The summed E-state index contributed by atoms with van der Waals surface area (Å²) >= 11 is 0. The highest BCUT2D eigenvalue weighted by molar-refractivity contribution is 5.82. The van der Waals surface area contributed by atoms with Crippen LogP contribution in [0.4, 0.5) is 0 Å². The molecular formula is C30H31N5O. The molecule has 3 atom stereocenters. The summed E-state index contributed by atoms with van der Waals surface area (Å²) in [7, 11) is 0. The molecule has 6 rings (SSSR count). The molecule has 1 N–H and O–H groups in total. The van der Waals surface area contributed by atoms with E-state index in [0.717, 1.165) is 60.1 Å². The lowest BCUT2D eigenvalue weighted by atomic mass is 9.56. The molecular weight excluding hydrogens is 446 g/mol. The van der Waals surface area contributed by atoms with Crippen LogP contribution in [0.3, 0.4) is 0 Å². The van der Waals surface area contributed by atoms with Crippen molar-refractivity contribution in [3.05, 3.63) is 83.6 Å². The van der Waals surface area contributed by atoms with Gasteiger partial charge in [0, 0.05) is 34.6 Å². The van der Waals surface area contributed by atoms with E-state index >= 15 is 0 Å². The summed E-state index contributed by atoms with van der Waals surface area (Å²) in [6, 6.07) is 17.1. The summed E-state index contributed by atoms with van der Waals surface area (Å²) in [5.41, 5.74) is 5.93. The molecule has 0 amide bonds. The van der Waals surface area contributed by atoms with Crippen LogP contribution in [0.2, 0.25) is 0 Å². The predicted octanol–water partition coefficient (Wildman–Crippen LogP) is 5.39. The molecule has 1 saturated carbocycles. The van der Waals surface area contributed by atoms with Crippen LogP contribution < -0.4 is 0 Å². The molecule has 3 aromatic heterocycles. The Labute approximate surface area is 211 Å². The van der Waals surface area contributed by atoms with E-state index < -0.39 is 5.60 Å². The summed E-state index contributed by atoms with van der Waals surface area (Å²) in [6.45, 7) is 2.00. The second-order valence-corrected chi connectivity index (χ2v) is 10.8. The fourth-order valence-corrected chi connectivity index (χ4v) is 6.81. The lowest BCUT2D eigenvalue weighted by Gasteiger charge is -2.50. The molecule has 182 valence electrons. The van der Waals surface area contributed by atoms with E-state index in [1.807, 2.05) is 42.3 Å². The number of nitriles is 1. The van der Waals surface area contributed by atoms with Gasteiger partial charge in [0.15, 0.2) is 0 Å². The first kappa shape index (κ1) is 22.9. The van der Waals surface area contributed by atoms with Crippen molar-refractivity contribution in [2.45, 2.75) is 69.3 Å². The molecule has 2 aliphatic carbocycles. The lowest BCUT2D eigenvalue weighted by molar-refractivity contribution is -0.0439. The molecule has 6 nitrogen and oxygen atoms in total. The second kappa shape index (κ2) is 8.83. The Morgan fingerprint density at radius 2 is 2.06 bits per heavy atom. The summed E-state index contributed by atoms with van der Waals surface area (Å²) < 4.78 is 2.02. The topological polar surface area (TPSA) is 87.6 Å². The molecule has 6 heteroatoms. The maximum Gasteiger partial charge on any atom is 0.0780 e. The van der Waals surface area contributed by atoms with Gasteiger partial charge in [0.2, 0.25) is 0 Å². The average Bonchev–Trinajstić information content (AvgIpc) is 3.23. The van der Waals surface area contributed by atoms with E-state index in [4.69, 9.17) is 10.1 Å². The third kappa shape index (κ3) is 3.88. The van der Waals surface area contributed by atoms with Crippen molar-refractivity contribution >= 4 is 10.9 Å². The first-order valence-corrected chi connectivity index (χ1v) is 12.9. The standard InChI is InChI=1S/C30H31N5O/c1-21-15-26(8-14-32-21)35-28-17-22-5-4-6-24-18-29(36,11-12-31)9-10-30(24,19-25-7-2-3-13-33-25)27(22)16-23(28)20-34-35/h2-3,7-8,13-17,20,24,36H,4-6,9-11,18-19H2,1H3/t24-,29-,30-/m1/s1. The Balaban J connectivity index is 1.51. The molecule has 2 aliphatic rings. The van der Waals surface area contributed by atoms with Crippen LogP contribution in [0.1, 0.15) is 61.0 Å². The highest BCUT2D eigenvalue weighted by Gasteiger charge is 2.51. The van der Waals surface area contributed by atoms with Gasteiger partial charge in [-0.15, -0.1) is 0 Å². The number of benzene rings is 1. The zero-order valence-electron chi connectivity index (χ0n) is 20.7. The third-order valence-corrected chi connectivity index (χ3v) is 8.53. The Kier molecular flexibility index (Phi) is 5.61. The quantitative estimate of drug-likeness (QED) is 0.426. The molecule has 0 spiro atoms. The van der Waals surface area contributed by atoms with Gasteiger partial charge in [-0.05, 0) is 105 Å². The fourth-order valence-electron chi connectivity index (χ4n) is 6.81. The average molecular weight is 478 g/mol. The number of aryl methyl sites for hydroxylation is 2. The molecule has 36 heavy (non-hydrogen) atoms. The fraction of sp³-hybridized carbons (Fsp3) is 0.400. The van der Waals surface area contributed by atoms with Crippen LogP contribution in [0.25, 0.3) is 16.6 Å². The molecule has 1 fully saturated rings. The van der Waals surface area contributed by atoms with Gasteiger partial charge < -0.3 is 5.11 Å². The van der Waals surface area contributed by atoms with Crippen LogP contribution >= 0.6 is 0 Å². The van der Waals surface area contributed by atoms with E-state index in [9.17, 15) is 10.4 Å². The highest BCUT2D eigenvalue weighted by atomic mass is 16.3. The van der Waals surface area contributed by atoms with Crippen molar-refractivity contribution in [2.24, 2.45) is 5.92 Å². The number of aliphatic hydroxyl groups is 1. The Bertz CT molecular complexity index is 1460. The highest BCUT2D eigenvalue weighted by Crippen LogP contribution is 2.54. The van der Waals surface area contributed by atoms with Gasteiger partial charge in [-0.1, -0.05) is 6.07 Å².